The number of nitrogens with two attached hydrogens (primary N) is 1. The molecule has 1 aromatic rings. The molecular weight excluding hydrogens is 206 g/mol. The Morgan fingerprint density at radius 1 is 1.44 bits per heavy atom. The Hall–Kier alpha value is -1.55. The molecule has 1 heterocycles. The van der Waals surface area contributed by atoms with Crippen molar-refractivity contribution in [2.75, 3.05) is 13.7 Å². The van der Waals surface area contributed by atoms with Gasteiger partial charge in [-0.1, -0.05) is 12.1 Å². The Morgan fingerprint density at radius 3 is 2.62 bits per heavy atom. The number of rotatable bonds is 3. The molecule has 1 fully saturated rings. The van der Waals surface area contributed by atoms with E-state index in [1.165, 1.54) is 0 Å². The summed E-state index contributed by atoms with van der Waals surface area (Å²) in [6, 6.07) is 7.48. The van der Waals surface area contributed by atoms with Crippen molar-refractivity contribution < 1.29 is 14.3 Å². The molecule has 0 unspecified atom stereocenters. The minimum absolute atomic E-state index is 0.139. The van der Waals surface area contributed by atoms with Crippen LogP contribution in [-0.2, 0) is 9.53 Å². The van der Waals surface area contributed by atoms with Crippen molar-refractivity contribution >= 4 is 5.97 Å². The number of methoxy groups -OCH3 is 1. The second-order valence-electron chi connectivity index (χ2n) is 3.86. The summed E-state index contributed by atoms with van der Waals surface area (Å²) < 4.78 is 10.2. The molecule has 0 amide bonds. The number of carbonyl (C=O) groups excluding carboxylic acids is 1. The Kier molecular flexibility index (Phi) is 3.10. The Morgan fingerprint density at radius 2 is 2.12 bits per heavy atom. The molecule has 2 N–H and O–H groups in total. The van der Waals surface area contributed by atoms with Crippen LogP contribution in [0.2, 0.25) is 0 Å². The first-order valence-electron chi connectivity index (χ1n) is 5.29. The predicted molar refractivity (Wildman–Crippen MR) is 59.3 cm³/mol. The zero-order chi connectivity index (χ0) is 11.5. The van der Waals surface area contributed by atoms with Crippen LogP contribution in [0.5, 0.6) is 5.75 Å². The number of hydrogen-bond donors (Lipinski definition) is 1. The van der Waals surface area contributed by atoms with Gasteiger partial charge >= 0.3 is 5.97 Å². The summed E-state index contributed by atoms with van der Waals surface area (Å²) in [5, 5.41) is 0. The number of carbonyl (C=O) groups is 1. The van der Waals surface area contributed by atoms with Crippen molar-refractivity contribution in [3.8, 4) is 5.75 Å². The van der Waals surface area contributed by atoms with Gasteiger partial charge < -0.3 is 15.2 Å². The summed E-state index contributed by atoms with van der Waals surface area (Å²) in [5.41, 5.74) is 6.44. The van der Waals surface area contributed by atoms with Crippen LogP contribution in [0.4, 0.5) is 0 Å². The molecule has 0 radical (unpaired) electrons. The molecule has 86 valence electrons. The van der Waals surface area contributed by atoms with Crippen molar-refractivity contribution in [3.63, 3.8) is 0 Å². The van der Waals surface area contributed by atoms with Gasteiger partial charge in [0.25, 0.3) is 0 Å². The Balaban J connectivity index is 2.15. The first-order chi connectivity index (χ1) is 7.74. The SMILES string of the molecule is COc1ccc([C@@H]2C[C@H](CN)OC2=O)cc1. The summed E-state index contributed by atoms with van der Waals surface area (Å²) in [5.74, 6) is 0.422. The van der Waals surface area contributed by atoms with Crippen LogP contribution in [0.25, 0.3) is 0 Å². The van der Waals surface area contributed by atoms with Crippen molar-refractivity contribution in [1.29, 1.82) is 0 Å². The van der Waals surface area contributed by atoms with Crippen LogP contribution in [-0.4, -0.2) is 25.7 Å². The lowest BCUT2D eigenvalue weighted by Gasteiger charge is -2.06. The van der Waals surface area contributed by atoms with Gasteiger partial charge in [-0.05, 0) is 17.7 Å². The van der Waals surface area contributed by atoms with E-state index >= 15 is 0 Å². The van der Waals surface area contributed by atoms with Crippen molar-refractivity contribution in [3.05, 3.63) is 29.8 Å². The lowest BCUT2D eigenvalue weighted by Crippen LogP contribution is -2.18. The number of esters is 1. The van der Waals surface area contributed by atoms with E-state index in [1.807, 2.05) is 24.3 Å². The summed E-state index contributed by atoms with van der Waals surface area (Å²) in [4.78, 5) is 11.6. The summed E-state index contributed by atoms with van der Waals surface area (Å²) in [6.45, 7) is 0.387. The molecule has 2 atom stereocenters. The largest absolute Gasteiger partial charge is 0.497 e. The van der Waals surface area contributed by atoms with E-state index in [2.05, 4.69) is 0 Å². The third-order valence-electron chi connectivity index (χ3n) is 2.85. The maximum Gasteiger partial charge on any atom is 0.313 e. The minimum atomic E-state index is -0.181. The fraction of sp³-hybridized carbons (Fsp3) is 0.417. The van der Waals surface area contributed by atoms with Crippen molar-refractivity contribution in [1.82, 2.24) is 0 Å². The first kappa shape index (κ1) is 11.0. The molecule has 2 rings (SSSR count). The number of ether oxygens (including phenoxy) is 2. The fourth-order valence-corrected chi connectivity index (χ4v) is 1.91. The zero-order valence-corrected chi connectivity index (χ0v) is 9.18. The van der Waals surface area contributed by atoms with Gasteiger partial charge in [0, 0.05) is 13.0 Å². The third kappa shape index (κ3) is 2.02. The quantitative estimate of drug-likeness (QED) is 0.775. The van der Waals surface area contributed by atoms with Crippen LogP contribution >= 0.6 is 0 Å². The van der Waals surface area contributed by atoms with E-state index in [-0.39, 0.29) is 18.0 Å². The zero-order valence-electron chi connectivity index (χ0n) is 9.18. The molecule has 1 aliphatic rings. The smallest absolute Gasteiger partial charge is 0.313 e. The molecular formula is C12H15NO3. The van der Waals surface area contributed by atoms with Gasteiger partial charge in [0.1, 0.15) is 11.9 Å². The van der Waals surface area contributed by atoms with Crippen LogP contribution in [0.3, 0.4) is 0 Å². The molecule has 0 aromatic heterocycles. The molecule has 1 aliphatic heterocycles. The molecule has 1 aromatic carbocycles. The molecule has 0 saturated carbocycles. The number of hydrogen-bond acceptors (Lipinski definition) is 4. The third-order valence-corrected chi connectivity index (χ3v) is 2.85. The van der Waals surface area contributed by atoms with Gasteiger partial charge in [-0.3, -0.25) is 4.79 Å². The lowest BCUT2D eigenvalue weighted by molar-refractivity contribution is -0.142. The van der Waals surface area contributed by atoms with E-state index in [0.29, 0.717) is 13.0 Å². The van der Waals surface area contributed by atoms with Gasteiger partial charge in [-0.15, -0.1) is 0 Å². The summed E-state index contributed by atoms with van der Waals surface area (Å²) >= 11 is 0. The van der Waals surface area contributed by atoms with Crippen LogP contribution in [0, 0.1) is 0 Å². The van der Waals surface area contributed by atoms with Gasteiger partial charge in [-0.2, -0.15) is 0 Å². The van der Waals surface area contributed by atoms with Crippen molar-refractivity contribution in [2.24, 2.45) is 5.73 Å². The molecule has 0 bridgehead atoms. The Labute approximate surface area is 94.3 Å². The van der Waals surface area contributed by atoms with Crippen LogP contribution < -0.4 is 10.5 Å². The first-order valence-corrected chi connectivity index (χ1v) is 5.29. The fourth-order valence-electron chi connectivity index (χ4n) is 1.91. The highest BCUT2D eigenvalue weighted by Gasteiger charge is 2.34. The summed E-state index contributed by atoms with van der Waals surface area (Å²) in [7, 11) is 1.61. The van der Waals surface area contributed by atoms with Crippen LogP contribution in [0.15, 0.2) is 24.3 Å². The topological polar surface area (TPSA) is 61.6 Å². The average molecular weight is 221 g/mol. The second-order valence-corrected chi connectivity index (χ2v) is 3.86. The monoisotopic (exact) mass is 221 g/mol. The Bertz CT molecular complexity index is 374. The highest BCUT2D eigenvalue weighted by Crippen LogP contribution is 2.31. The van der Waals surface area contributed by atoms with Crippen LogP contribution in [0.1, 0.15) is 17.9 Å². The van der Waals surface area contributed by atoms with Crippen molar-refractivity contribution in [2.45, 2.75) is 18.4 Å². The van der Waals surface area contributed by atoms with Gasteiger partial charge in [0.2, 0.25) is 0 Å². The molecule has 16 heavy (non-hydrogen) atoms. The molecule has 1 saturated heterocycles. The highest BCUT2D eigenvalue weighted by molar-refractivity contribution is 5.80. The standard InChI is InChI=1S/C12H15NO3/c1-15-9-4-2-8(3-5-9)11-6-10(7-13)16-12(11)14/h2-5,10-11H,6-7,13H2,1H3/t10-,11+/m1/s1. The second kappa shape index (κ2) is 4.53. The molecule has 4 nitrogen and oxygen atoms in total. The van der Waals surface area contributed by atoms with E-state index in [0.717, 1.165) is 11.3 Å². The normalized spacial score (nSPS) is 24.2. The highest BCUT2D eigenvalue weighted by atomic mass is 16.6. The van der Waals surface area contributed by atoms with Gasteiger partial charge in [-0.25, -0.2) is 0 Å². The minimum Gasteiger partial charge on any atom is -0.497 e. The molecule has 0 spiro atoms. The maximum atomic E-state index is 11.6. The van der Waals surface area contributed by atoms with Gasteiger partial charge in [0.05, 0.1) is 13.0 Å². The molecule has 0 aliphatic carbocycles. The maximum absolute atomic E-state index is 11.6. The molecule has 4 heteroatoms. The van der Waals surface area contributed by atoms with E-state index in [9.17, 15) is 4.79 Å². The average Bonchev–Trinajstić information content (AvgIpc) is 2.71. The van der Waals surface area contributed by atoms with Gasteiger partial charge in [0.15, 0.2) is 0 Å². The van der Waals surface area contributed by atoms with E-state index in [1.54, 1.807) is 7.11 Å². The number of cyclic esters (lactones) is 1. The number of benzene rings is 1. The van der Waals surface area contributed by atoms with E-state index < -0.39 is 0 Å². The van der Waals surface area contributed by atoms with E-state index in [4.69, 9.17) is 15.2 Å². The predicted octanol–water partition coefficient (Wildman–Crippen LogP) is 1.05. The summed E-state index contributed by atoms with van der Waals surface area (Å²) in [6.07, 6.45) is 0.529. The lowest BCUT2D eigenvalue weighted by atomic mass is 9.96.